The van der Waals surface area contributed by atoms with Crippen molar-refractivity contribution in [3.8, 4) is 5.75 Å². The SMILES string of the molecule is O=C(c1cc(Cl)ccc1OC1CCCC1)N1CCCC(CO)C1. The van der Waals surface area contributed by atoms with Gasteiger partial charge >= 0.3 is 0 Å². The number of ether oxygens (including phenoxy) is 1. The van der Waals surface area contributed by atoms with Crippen LogP contribution in [0.2, 0.25) is 5.02 Å². The van der Waals surface area contributed by atoms with Crippen LogP contribution in [-0.2, 0) is 0 Å². The molecule has 3 rings (SSSR count). The Morgan fingerprint density at radius 1 is 1.26 bits per heavy atom. The predicted octanol–water partition coefficient (Wildman–Crippen LogP) is 3.51. The van der Waals surface area contributed by atoms with Gasteiger partial charge in [0, 0.05) is 24.7 Å². The summed E-state index contributed by atoms with van der Waals surface area (Å²) in [7, 11) is 0. The lowest BCUT2D eigenvalue weighted by atomic mass is 9.98. The van der Waals surface area contributed by atoms with Crippen molar-refractivity contribution in [3.05, 3.63) is 28.8 Å². The molecule has 23 heavy (non-hydrogen) atoms. The van der Waals surface area contributed by atoms with Crippen LogP contribution in [0.3, 0.4) is 0 Å². The van der Waals surface area contributed by atoms with Crippen molar-refractivity contribution in [1.29, 1.82) is 0 Å². The third-order valence-corrected chi connectivity index (χ3v) is 5.07. The van der Waals surface area contributed by atoms with Gasteiger partial charge in [-0.3, -0.25) is 4.79 Å². The highest BCUT2D eigenvalue weighted by Gasteiger charge is 2.27. The fourth-order valence-electron chi connectivity index (χ4n) is 3.53. The third kappa shape index (κ3) is 3.99. The monoisotopic (exact) mass is 337 g/mol. The van der Waals surface area contributed by atoms with Gasteiger partial charge in [-0.05, 0) is 62.6 Å². The number of carbonyl (C=O) groups excluding carboxylic acids is 1. The molecule has 4 nitrogen and oxygen atoms in total. The maximum Gasteiger partial charge on any atom is 0.257 e. The zero-order valence-electron chi connectivity index (χ0n) is 13.3. The van der Waals surface area contributed by atoms with Gasteiger partial charge in [-0.15, -0.1) is 0 Å². The van der Waals surface area contributed by atoms with Crippen molar-refractivity contribution >= 4 is 17.5 Å². The van der Waals surface area contributed by atoms with E-state index in [-0.39, 0.29) is 24.5 Å². The van der Waals surface area contributed by atoms with E-state index in [1.165, 1.54) is 12.8 Å². The molecule has 1 aromatic rings. The highest BCUT2D eigenvalue weighted by molar-refractivity contribution is 6.31. The lowest BCUT2D eigenvalue weighted by Gasteiger charge is -2.32. The smallest absolute Gasteiger partial charge is 0.257 e. The fourth-order valence-corrected chi connectivity index (χ4v) is 3.70. The van der Waals surface area contributed by atoms with E-state index in [2.05, 4.69) is 0 Å². The zero-order chi connectivity index (χ0) is 16.2. The number of nitrogens with zero attached hydrogens (tertiary/aromatic N) is 1. The highest BCUT2D eigenvalue weighted by atomic mass is 35.5. The van der Waals surface area contributed by atoms with E-state index in [9.17, 15) is 9.90 Å². The summed E-state index contributed by atoms with van der Waals surface area (Å²) in [4.78, 5) is 14.7. The van der Waals surface area contributed by atoms with E-state index in [0.29, 0.717) is 22.9 Å². The Labute approximate surface area is 142 Å². The maximum absolute atomic E-state index is 12.9. The van der Waals surface area contributed by atoms with Crippen LogP contribution in [0.4, 0.5) is 0 Å². The fraction of sp³-hybridized carbons (Fsp3) is 0.611. The summed E-state index contributed by atoms with van der Waals surface area (Å²) >= 11 is 6.11. The molecule has 0 radical (unpaired) electrons. The molecule has 1 unspecified atom stereocenters. The standard InChI is InChI=1S/C18H24ClNO3/c19-14-7-8-17(23-15-5-1-2-6-15)16(10-14)18(22)20-9-3-4-13(11-20)12-21/h7-8,10,13,15,21H,1-6,9,11-12H2. The molecule has 1 saturated heterocycles. The number of aliphatic hydroxyl groups is 1. The Bertz CT molecular complexity index is 557. The van der Waals surface area contributed by atoms with Gasteiger partial charge in [-0.25, -0.2) is 0 Å². The summed E-state index contributed by atoms with van der Waals surface area (Å²) in [5.74, 6) is 0.766. The lowest BCUT2D eigenvalue weighted by molar-refractivity contribution is 0.0614. The number of hydrogen-bond acceptors (Lipinski definition) is 3. The largest absolute Gasteiger partial charge is 0.490 e. The summed E-state index contributed by atoms with van der Waals surface area (Å²) in [5, 5.41) is 9.91. The van der Waals surface area contributed by atoms with Crippen LogP contribution in [0.25, 0.3) is 0 Å². The van der Waals surface area contributed by atoms with E-state index in [4.69, 9.17) is 16.3 Å². The van der Waals surface area contributed by atoms with Crippen molar-refractivity contribution in [1.82, 2.24) is 4.90 Å². The summed E-state index contributed by atoms with van der Waals surface area (Å²) < 4.78 is 6.07. The van der Waals surface area contributed by atoms with E-state index in [0.717, 1.165) is 32.2 Å². The minimum atomic E-state index is -0.0429. The molecule has 0 bridgehead atoms. The third-order valence-electron chi connectivity index (χ3n) is 4.83. The molecule has 2 fully saturated rings. The summed E-state index contributed by atoms with van der Waals surface area (Å²) in [5.41, 5.74) is 0.544. The van der Waals surface area contributed by atoms with Crippen molar-refractivity contribution in [2.75, 3.05) is 19.7 Å². The quantitative estimate of drug-likeness (QED) is 0.914. The minimum Gasteiger partial charge on any atom is -0.490 e. The molecule has 1 atom stereocenters. The number of piperidine rings is 1. The molecule has 0 spiro atoms. The number of hydrogen-bond donors (Lipinski definition) is 1. The first-order valence-electron chi connectivity index (χ1n) is 8.53. The van der Waals surface area contributed by atoms with Gasteiger partial charge in [0.15, 0.2) is 0 Å². The number of aliphatic hydroxyl groups excluding tert-OH is 1. The van der Waals surface area contributed by atoms with Gasteiger partial charge in [0.2, 0.25) is 0 Å². The number of rotatable bonds is 4. The van der Waals surface area contributed by atoms with E-state index < -0.39 is 0 Å². The topological polar surface area (TPSA) is 49.8 Å². The Balaban J connectivity index is 1.79. The molecule has 5 heteroatoms. The average molecular weight is 338 g/mol. The number of amides is 1. The molecule has 1 amide bonds. The van der Waals surface area contributed by atoms with Crippen molar-refractivity contribution in [3.63, 3.8) is 0 Å². The highest BCUT2D eigenvalue weighted by Crippen LogP contribution is 2.30. The van der Waals surface area contributed by atoms with E-state index in [1.54, 1.807) is 18.2 Å². The molecule has 1 aliphatic carbocycles. The van der Waals surface area contributed by atoms with Crippen LogP contribution >= 0.6 is 11.6 Å². The van der Waals surface area contributed by atoms with Crippen LogP contribution in [0.15, 0.2) is 18.2 Å². The molecule has 126 valence electrons. The first-order chi connectivity index (χ1) is 11.2. The van der Waals surface area contributed by atoms with Gasteiger partial charge in [0.05, 0.1) is 11.7 Å². The van der Waals surface area contributed by atoms with Crippen molar-refractivity contribution in [2.24, 2.45) is 5.92 Å². The number of likely N-dealkylation sites (tertiary alicyclic amines) is 1. The van der Waals surface area contributed by atoms with E-state index in [1.807, 2.05) is 4.90 Å². The summed E-state index contributed by atoms with van der Waals surface area (Å²) in [6.07, 6.45) is 6.57. The second kappa shape index (κ2) is 7.54. The number of benzene rings is 1. The van der Waals surface area contributed by atoms with Crippen LogP contribution in [0.1, 0.15) is 48.9 Å². The number of carbonyl (C=O) groups is 1. The lowest BCUT2D eigenvalue weighted by Crippen LogP contribution is -2.41. The zero-order valence-corrected chi connectivity index (χ0v) is 14.1. The Kier molecular flexibility index (Phi) is 5.44. The molecule has 2 aliphatic rings. The van der Waals surface area contributed by atoms with Gasteiger partial charge in [0.1, 0.15) is 5.75 Å². The second-order valence-electron chi connectivity index (χ2n) is 6.61. The van der Waals surface area contributed by atoms with Crippen molar-refractivity contribution < 1.29 is 14.6 Å². The Morgan fingerprint density at radius 3 is 2.78 bits per heavy atom. The number of halogens is 1. The Morgan fingerprint density at radius 2 is 2.04 bits per heavy atom. The van der Waals surface area contributed by atoms with Gasteiger partial charge in [-0.1, -0.05) is 11.6 Å². The average Bonchev–Trinajstić information content (AvgIpc) is 3.09. The van der Waals surface area contributed by atoms with Crippen LogP contribution in [-0.4, -0.2) is 41.7 Å². The maximum atomic E-state index is 12.9. The molecule has 1 heterocycles. The van der Waals surface area contributed by atoms with Crippen LogP contribution < -0.4 is 4.74 Å². The molecular formula is C18H24ClNO3. The van der Waals surface area contributed by atoms with Gasteiger partial charge in [-0.2, -0.15) is 0 Å². The molecule has 1 N–H and O–H groups in total. The van der Waals surface area contributed by atoms with Crippen LogP contribution in [0, 0.1) is 5.92 Å². The molecule has 1 aliphatic heterocycles. The minimum absolute atomic E-state index is 0.0429. The summed E-state index contributed by atoms with van der Waals surface area (Å²) in [6.45, 7) is 1.46. The first-order valence-corrected chi connectivity index (χ1v) is 8.91. The molecule has 1 saturated carbocycles. The van der Waals surface area contributed by atoms with Gasteiger partial charge < -0.3 is 14.7 Å². The molecule has 0 aromatic heterocycles. The molecule has 1 aromatic carbocycles. The summed E-state index contributed by atoms with van der Waals surface area (Å²) in [6, 6.07) is 5.29. The van der Waals surface area contributed by atoms with Crippen molar-refractivity contribution in [2.45, 2.75) is 44.6 Å². The van der Waals surface area contributed by atoms with Crippen LogP contribution in [0.5, 0.6) is 5.75 Å². The predicted molar refractivity (Wildman–Crippen MR) is 90.0 cm³/mol. The van der Waals surface area contributed by atoms with Gasteiger partial charge in [0.25, 0.3) is 5.91 Å². The Hall–Kier alpha value is -1.26. The van der Waals surface area contributed by atoms with E-state index >= 15 is 0 Å². The first kappa shape index (κ1) is 16.6. The second-order valence-corrected chi connectivity index (χ2v) is 7.04. The molecular weight excluding hydrogens is 314 g/mol. The normalized spacial score (nSPS) is 22.3.